The summed E-state index contributed by atoms with van der Waals surface area (Å²) in [7, 11) is 3.62. The number of carbonyl (C=O) groups excluding carboxylic acids is 6. The van der Waals surface area contributed by atoms with Gasteiger partial charge in [0, 0.05) is 98.0 Å². The molecule has 0 aliphatic carbocycles. The number of para-hydroxylation sites is 3. The van der Waals surface area contributed by atoms with E-state index in [1.165, 1.54) is 92.5 Å². The Kier molecular flexibility index (Phi) is 23.6. The van der Waals surface area contributed by atoms with Crippen molar-refractivity contribution in [1.82, 2.24) is 32.6 Å². The fraction of sp³-hybridized carbons (Fsp3) is 0.140. The van der Waals surface area contributed by atoms with Crippen LogP contribution >= 0.6 is 70.6 Å². The molecule has 0 aromatic heterocycles. The summed E-state index contributed by atoms with van der Waals surface area (Å²) in [5, 5.41) is 57.9. The van der Waals surface area contributed by atoms with Crippen LogP contribution in [0.4, 0.5) is 34.1 Å². The van der Waals surface area contributed by atoms with Crippen LogP contribution in [0.15, 0.2) is 352 Å². The molecule has 6 unspecified atom stereocenters. The summed E-state index contributed by atoms with van der Waals surface area (Å²) in [4.78, 5) is 74.4. The van der Waals surface area contributed by atoms with Crippen LogP contribution in [0, 0.1) is 6.92 Å². The summed E-state index contributed by atoms with van der Waals surface area (Å²) in [5.41, 5.74) is 39.9. The van der Waals surface area contributed by atoms with Gasteiger partial charge in [0.2, 0.25) is 29.2 Å². The summed E-state index contributed by atoms with van der Waals surface area (Å²) >= 11 is 8.71. The van der Waals surface area contributed by atoms with Crippen LogP contribution < -0.4 is 63.6 Å². The number of aromatic hydroxyl groups is 1. The van der Waals surface area contributed by atoms with Crippen LogP contribution in [0.1, 0.15) is 110 Å². The molecule has 26 rings (SSSR count). The van der Waals surface area contributed by atoms with E-state index in [4.69, 9.17) is 0 Å². The standard InChI is InChI=1S/C21H17N3OS.C20H15N3OS.C17H15N3O2S.C17H15N3OS.2C16H13N3OS/c1-2-13-10-11-18-17(12-13)21(20(25)22-18)24-23-19(26-21)16-9-5-7-14-6-3-4-8-15(14)16;1-23-17-12-5-4-11-16(17)20(19(23)24)22-21-18(25-20)15-10-6-8-13-7-2-3-9-14(13)15;1-2-10-7-8-13-12(9-10)17(16(22)18-13)20-19-15(23-17)11-5-3-4-6-14(11)21;1-2-11-8-9-14-13(10-11)17(16(21)18-14)20-19-15(22-17)12-6-4-3-5-7-12;1-19-13-10-6-5-9-12(13)16(15(19)20)18-17-14(21-16)11-7-3-2-4-8-11;1-10-7-8-13-12(9-10)16(15(20)17-13)19-18-14(21-16)11-5-3-2-4-6-11/h3-12,24H,2H2,1H3,(H,22,25);2-12,22H,1H3;3-9,20-21H,2H2,1H3,(H,18,22);3-10,20H,2H2,1H3,(H,18,21);2-10,18H,1H3;2-9,19H,1H3,(H,17,20). The number of phenolic OH excluding ortho intramolecular Hbond substituents is 1. The third-order valence-corrected chi connectivity index (χ3v) is 33.4. The van der Waals surface area contributed by atoms with E-state index in [9.17, 15) is 33.9 Å². The van der Waals surface area contributed by atoms with Crippen molar-refractivity contribution >= 4 is 192 Å². The fourth-order valence-corrected chi connectivity index (χ4v) is 25.4. The summed E-state index contributed by atoms with van der Waals surface area (Å²) in [6.07, 6.45) is 2.77. The van der Waals surface area contributed by atoms with Crippen molar-refractivity contribution in [2.45, 2.75) is 76.2 Å². The molecule has 12 aliphatic heterocycles. The Balaban J connectivity index is 0.0000000988. The number of carbonyl (C=O) groups is 6. The third-order valence-electron chi connectivity index (χ3n) is 25.6. The number of thioether (sulfide) groups is 6. The number of hydrogen-bond acceptors (Lipinski definition) is 25. The number of hydrogen-bond donors (Lipinski definition) is 11. The van der Waals surface area contributed by atoms with E-state index in [-0.39, 0.29) is 41.2 Å². The number of nitrogens with zero attached hydrogens (tertiary/aromatic N) is 8. The van der Waals surface area contributed by atoms with Crippen LogP contribution in [-0.4, -0.2) is 84.9 Å². The Morgan fingerprint density at radius 2 is 0.565 bits per heavy atom. The molecule has 12 aliphatic rings. The largest absolute Gasteiger partial charge is 0.507 e. The Labute approximate surface area is 820 Å². The third kappa shape index (κ3) is 15.5. The highest BCUT2D eigenvalue weighted by Crippen LogP contribution is 2.56. The highest BCUT2D eigenvalue weighted by molar-refractivity contribution is 8.17. The quantitative estimate of drug-likeness (QED) is 0.0639. The first-order valence-corrected chi connectivity index (χ1v) is 49.8. The molecular formula is C107H88N18O7S6. The zero-order valence-electron chi connectivity index (χ0n) is 75.1. The van der Waals surface area contributed by atoms with E-state index < -0.39 is 29.2 Å². The lowest BCUT2D eigenvalue weighted by atomic mass is 10.0. The van der Waals surface area contributed by atoms with Crippen molar-refractivity contribution in [2.24, 2.45) is 30.6 Å². The van der Waals surface area contributed by atoms with Gasteiger partial charge in [-0.05, 0) is 131 Å². The Morgan fingerprint density at radius 1 is 0.283 bits per heavy atom. The first kappa shape index (κ1) is 89.7. The van der Waals surface area contributed by atoms with Gasteiger partial charge in [-0.25, -0.2) is 0 Å². The predicted molar refractivity (Wildman–Crippen MR) is 562 cm³/mol. The van der Waals surface area contributed by atoms with Crippen LogP contribution in [0.2, 0.25) is 0 Å². The first-order valence-electron chi connectivity index (χ1n) is 44.9. The van der Waals surface area contributed by atoms with Gasteiger partial charge in [0.15, 0.2) is 0 Å². The smallest absolute Gasteiger partial charge is 0.269 e. The molecule has 31 heteroatoms. The number of benzene rings is 14. The topological polar surface area (TPSA) is 324 Å². The highest BCUT2D eigenvalue weighted by atomic mass is 32.2. The van der Waals surface area contributed by atoms with Gasteiger partial charge >= 0.3 is 0 Å². The SMILES string of the molecule is CCc1ccc2c(c1)C1(NN=C(c3cccc4ccccc34)S1)C(=O)N2.CCc1ccc2c(c1)C1(NN=C(c3ccccc3)S1)C(=O)N2.CCc1ccc2c(c1)C1(NN=C(c3ccccc3O)S1)C(=O)N2.CN1C(=O)C2(NN=C(c3cccc4ccccc34)S2)c2ccccc21.CN1C(=O)C2(NN=C(c3ccccc3)S2)c2ccccc21.Cc1ccc2c(c1)C1(NN=C(c3ccccc3)S1)C(=O)N2. The number of hydrazone groups is 6. The molecule has 138 heavy (non-hydrogen) atoms. The van der Waals surface area contributed by atoms with Gasteiger partial charge in [0.25, 0.3) is 35.4 Å². The van der Waals surface area contributed by atoms with Gasteiger partial charge in [0.05, 0.1) is 16.9 Å². The number of aryl methyl sites for hydroxylation is 4. The second-order valence-corrected chi connectivity index (χ2v) is 41.1. The first-order chi connectivity index (χ1) is 67.2. The van der Waals surface area contributed by atoms with Crippen LogP contribution in [0.3, 0.4) is 0 Å². The zero-order valence-corrected chi connectivity index (χ0v) is 80.0. The van der Waals surface area contributed by atoms with Crippen molar-refractivity contribution in [3.63, 3.8) is 0 Å². The molecule has 0 fully saturated rings. The van der Waals surface area contributed by atoms with Gasteiger partial charge in [-0.3, -0.25) is 61.3 Å². The molecule has 6 amide bonds. The number of phenols is 1. The van der Waals surface area contributed by atoms with Crippen LogP contribution in [0.5, 0.6) is 5.75 Å². The van der Waals surface area contributed by atoms with E-state index in [0.29, 0.717) is 10.6 Å². The molecule has 6 spiro atoms. The Bertz CT molecular complexity index is 7590. The minimum Gasteiger partial charge on any atom is -0.507 e. The minimum atomic E-state index is -0.960. The number of amides is 6. The molecule has 684 valence electrons. The van der Waals surface area contributed by atoms with E-state index in [1.807, 2.05) is 244 Å². The monoisotopic (exact) mass is 1930 g/mol. The molecule has 25 nitrogen and oxygen atoms in total. The number of anilines is 6. The van der Waals surface area contributed by atoms with Crippen molar-refractivity contribution in [3.05, 3.63) is 411 Å². The van der Waals surface area contributed by atoms with Gasteiger partial charge in [-0.15, -0.1) is 0 Å². The van der Waals surface area contributed by atoms with Crippen molar-refractivity contribution in [1.29, 1.82) is 0 Å². The van der Waals surface area contributed by atoms with Gasteiger partial charge in [-0.1, -0.05) is 352 Å². The maximum absolute atomic E-state index is 13.0. The fourth-order valence-electron chi connectivity index (χ4n) is 18.2. The average Bonchev–Trinajstić information content (AvgIpc) is 2.41. The second-order valence-electron chi connectivity index (χ2n) is 33.9. The molecule has 12 heterocycles. The zero-order chi connectivity index (χ0) is 94.8. The lowest BCUT2D eigenvalue weighted by molar-refractivity contribution is -0.121. The normalized spacial score (nSPS) is 22.0. The molecular weight excluding hydrogens is 1840 g/mol. The van der Waals surface area contributed by atoms with Gasteiger partial charge < -0.3 is 36.2 Å². The summed E-state index contributed by atoms with van der Waals surface area (Å²) in [6.45, 7) is 8.33. The molecule has 6 atom stereocenters. The molecule has 0 bridgehead atoms. The Hall–Kier alpha value is -14.9. The minimum absolute atomic E-state index is 0.0117. The number of fused-ring (bicyclic) bond motifs is 14. The Morgan fingerprint density at radius 3 is 0.949 bits per heavy atom. The highest BCUT2D eigenvalue weighted by Gasteiger charge is 2.59. The maximum Gasteiger partial charge on any atom is 0.269 e. The summed E-state index contributed by atoms with van der Waals surface area (Å²) in [6, 6.07) is 106. The number of likely N-dealkylation sites (N-methyl/N-ethyl adjacent to an activating group) is 2. The van der Waals surface area contributed by atoms with E-state index in [0.717, 1.165) is 162 Å². The van der Waals surface area contributed by atoms with Crippen LogP contribution in [0.25, 0.3) is 21.5 Å². The van der Waals surface area contributed by atoms with E-state index in [1.54, 1.807) is 35.0 Å². The van der Waals surface area contributed by atoms with E-state index in [2.05, 4.69) is 178 Å². The van der Waals surface area contributed by atoms with Gasteiger partial charge in [0.1, 0.15) is 36.0 Å². The van der Waals surface area contributed by atoms with Crippen molar-refractivity contribution < 1.29 is 33.9 Å². The summed E-state index contributed by atoms with van der Waals surface area (Å²) < 4.78 is 0. The lowest BCUT2D eigenvalue weighted by Crippen LogP contribution is -2.43. The number of rotatable bonds is 9. The average molecular weight is 1930 g/mol. The van der Waals surface area contributed by atoms with Crippen molar-refractivity contribution in [3.8, 4) is 5.75 Å². The maximum atomic E-state index is 13.0. The predicted octanol–water partition coefficient (Wildman–Crippen LogP) is 19.0. The van der Waals surface area contributed by atoms with Crippen molar-refractivity contribution in [2.75, 3.05) is 45.2 Å². The number of nitrogens with one attached hydrogen (secondary N) is 10. The van der Waals surface area contributed by atoms with E-state index >= 15 is 0 Å². The van der Waals surface area contributed by atoms with Gasteiger partial charge in [-0.2, -0.15) is 30.6 Å². The molecule has 0 saturated heterocycles. The molecule has 14 aromatic carbocycles. The second kappa shape index (κ2) is 36.3. The molecule has 0 saturated carbocycles. The molecule has 11 N–H and O–H groups in total. The summed E-state index contributed by atoms with van der Waals surface area (Å²) in [5.74, 6) is -0.150. The lowest BCUT2D eigenvalue weighted by Gasteiger charge is -2.21. The molecule has 14 aromatic rings. The van der Waals surface area contributed by atoms with Crippen LogP contribution in [-0.2, 0) is 77.3 Å². The molecule has 0 radical (unpaired) electrons.